The highest BCUT2D eigenvalue weighted by molar-refractivity contribution is 7.94. The van der Waals surface area contributed by atoms with Gasteiger partial charge in [-0.05, 0) is 6.92 Å². The van der Waals surface area contributed by atoms with Gasteiger partial charge in [0.05, 0.1) is 12.6 Å². The highest BCUT2D eigenvalue weighted by Crippen LogP contribution is 2.25. The van der Waals surface area contributed by atoms with Crippen LogP contribution in [0.3, 0.4) is 0 Å². The normalized spacial score (nSPS) is 11.3. The number of ether oxygens (including phenoxy) is 1. The van der Waals surface area contributed by atoms with Crippen molar-refractivity contribution in [3.05, 3.63) is 22.3 Å². The van der Waals surface area contributed by atoms with E-state index in [1.165, 1.54) is 16.8 Å². The van der Waals surface area contributed by atoms with Crippen LogP contribution >= 0.6 is 22.7 Å². The third-order valence-corrected chi connectivity index (χ3v) is 5.67. The van der Waals surface area contributed by atoms with Crippen LogP contribution in [-0.2, 0) is 14.8 Å². The molecule has 0 amide bonds. The van der Waals surface area contributed by atoms with Crippen LogP contribution in [0.4, 0.5) is 5.13 Å². The minimum Gasteiger partial charge on any atom is -0.464 e. The zero-order valence-electron chi connectivity index (χ0n) is 9.91. The van der Waals surface area contributed by atoms with Crippen LogP contribution in [0.5, 0.6) is 0 Å². The van der Waals surface area contributed by atoms with E-state index in [-0.39, 0.29) is 15.0 Å². The molecule has 0 fully saturated rings. The van der Waals surface area contributed by atoms with E-state index >= 15 is 0 Å². The molecule has 102 valence electrons. The maximum Gasteiger partial charge on any atom is 0.358 e. The number of esters is 1. The lowest BCUT2D eigenvalue weighted by atomic mass is 10.5. The summed E-state index contributed by atoms with van der Waals surface area (Å²) in [5.74, 6) is -0.794. The monoisotopic (exact) mass is 319 g/mol. The second-order valence-electron chi connectivity index (χ2n) is 3.36. The lowest BCUT2D eigenvalue weighted by molar-refractivity contribution is 0.0590. The lowest BCUT2D eigenvalue weighted by Gasteiger charge is -2.03. The van der Waals surface area contributed by atoms with Gasteiger partial charge in [-0.15, -0.1) is 22.7 Å². The first-order chi connectivity index (χ1) is 8.94. The Morgan fingerprint density at radius 3 is 2.74 bits per heavy atom. The molecule has 0 radical (unpaired) electrons. The van der Waals surface area contributed by atoms with Gasteiger partial charge in [0.15, 0.2) is 15.0 Å². The summed E-state index contributed by atoms with van der Waals surface area (Å²) in [7, 11) is -2.73. The first-order valence-electron chi connectivity index (χ1n) is 4.91. The van der Waals surface area contributed by atoms with Gasteiger partial charge in [-0.2, -0.15) is 0 Å². The summed E-state index contributed by atoms with van der Waals surface area (Å²) in [5, 5.41) is 0.238. The highest BCUT2D eigenvalue weighted by Gasteiger charge is 2.27. The molecule has 0 saturated heterocycles. The van der Waals surface area contributed by atoms with Crippen LogP contribution in [-0.4, -0.2) is 31.5 Å². The van der Waals surface area contributed by atoms with Crippen molar-refractivity contribution >= 4 is 43.8 Å². The maximum absolute atomic E-state index is 12.1. The Kier molecular flexibility index (Phi) is 3.83. The zero-order chi connectivity index (χ0) is 14.0. The SMILES string of the molecule is COC(=O)c1ncsc1S(=O)(=O)Nc1ncc(C)s1. The molecule has 1 N–H and O–H groups in total. The molecule has 2 aromatic heterocycles. The van der Waals surface area contributed by atoms with E-state index in [2.05, 4.69) is 19.4 Å². The summed E-state index contributed by atoms with van der Waals surface area (Å²) < 4.78 is 30.9. The number of carbonyl (C=O) groups excluding carboxylic acids is 1. The fraction of sp³-hybridized carbons (Fsp3) is 0.222. The molecular formula is C9H9N3O4S3. The Hall–Kier alpha value is -1.52. The Morgan fingerprint density at radius 2 is 2.16 bits per heavy atom. The second kappa shape index (κ2) is 5.23. The maximum atomic E-state index is 12.1. The first-order valence-corrected chi connectivity index (χ1v) is 8.09. The van der Waals surface area contributed by atoms with Crippen molar-refractivity contribution in [2.75, 3.05) is 11.8 Å². The molecule has 0 aromatic carbocycles. The van der Waals surface area contributed by atoms with Gasteiger partial charge in [0, 0.05) is 11.1 Å². The Morgan fingerprint density at radius 1 is 1.42 bits per heavy atom. The number of nitrogens with one attached hydrogen (secondary N) is 1. The fourth-order valence-corrected chi connectivity index (χ4v) is 4.26. The summed E-state index contributed by atoms with van der Waals surface area (Å²) >= 11 is 2.04. The molecule has 19 heavy (non-hydrogen) atoms. The highest BCUT2D eigenvalue weighted by atomic mass is 32.2. The minimum atomic E-state index is -3.89. The minimum absolute atomic E-state index is 0.188. The number of nitrogens with zero attached hydrogens (tertiary/aromatic N) is 2. The number of thiazole rings is 2. The molecule has 0 aliphatic carbocycles. The molecule has 7 nitrogen and oxygen atoms in total. The van der Waals surface area contributed by atoms with E-state index in [1.54, 1.807) is 6.20 Å². The lowest BCUT2D eigenvalue weighted by Crippen LogP contribution is -2.15. The van der Waals surface area contributed by atoms with Crippen molar-refractivity contribution in [3.8, 4) is 0 Å². The summed E-state index contributed by atoms with van der Waals surface area (Å²) in [6.07, 6.45) is 1.55. The van der Waals surface area contributed by atoms with Gasteiger partial charge < -0.3 is 4.74 Å². The number of rotatable bonds is 4. The standard InChI is InChI=1S/C9H9N3O4S3/c1-5-3-10-9(18-5)12-19(14,15)8-6(7(13)16-2)11-4-17-8/h3-4H,1-2H3,(H,10,12). The van der Waals surface area contributed by atoms with Crippen molar-refractivity contribution in [1.82, 2.24) is 9.97 Å². The van der Waals surface area contributed by atoms with E-state index in [1.807, 2.05) is 6.92 Å². The van der Waals surface area contributed by atoms with Gasteiger partial charge in [0.25, 0.3) is 10.0 Å². The predicted octanol–water partition coefficient (Wildman–Crippen LogP) is 1.50. The Bertz CT molecular complexity index is 704. The molecule has 0 atom stereocenters. The average molecular weight is 319 g/mol. The topological polar surface area (TPSA) is 98.2 Å². The van der Waals surface area contributed by atoms with Crippen molar-refractivity contribution in [2.24, 2.45) is 0 Å². The summed E-state index contributed by atoms with van der Waals surface area (Å²) in [5.41, 5.74) is 1.04. The van der Waals surface area contributed by atoms with Crippen LogP contribution in [0.15, 0.2) is 15.9 Å². The van der Waals surface area contributed by atoms with Gasteiger partial charge in [-0.3, -0.25) is 4.72 Å². The number of carbonyl (C=O) groups is 1. The van der Waals surface area contributed by atoms with Crippen LogP contribution in [0, 0.1) is 6.92 Å². The Labute approximate surface area is 117 Å². The fourth-order valence-electron chi connectivity index (χ4n) is 1.22. The number of hydrogen-bond acceptors (Lipinski definition) is 8. The quantitative estimate of drug-likeness (QED) is 0.857. The first kappa shape index (κ1) is 13.9. The number of sulfonamides is 1. The van der Waals surface area contributed by atoms with Gasteiger partial charge in [-0.1, -0.05) is 0 Å². The van der Waals surface area contributed by atoms with Crippen molar-refractivity contribution in [2.45, 2.75) is 11.1 Å². The van der Waals surface area contributed by atoms with E-state index in [4.69, 9.17) is 0 Å². The van der Waals surface area contributed by atoms with Gasteiger partial charge in [0.1, 0.15) is 0 Å². The van der Waals surface area contributed by atoms with E-state index < -0.39 is 16.0 Å². The van der Waals surface area contributed by atoms with Crippen molar-refractivity contribution in [1.29, 1.82) is 0 Å². The molecule has 2 aromatic rings. The van der Waals surface area contributed by atoms with Gasteiger partial charge in [0.2, 0.25) is 0 Å². The molecule has 2 heterocycles. The average Bonchev–Trinajstić information content (AvgIpc) is 2.97. The third kappa shape index (κ3) is 2.91. The molecule has 10 heteroatoms. The molecule has 0 bridgehead atoms. The van der Waals surface area contributed by atoms with E-state index in [0.717, 1.165) is 23.3 Å². The molecular weight excluding hydrogens is 310 g/mol. The van der Waals surface area contributed by atoms with E-state index in [9.17, 15) is 13.2 Å². The second-order valence-corrected chi connectivity index (χ2v) is 7.33. The van der Waals surface area contributed by atoms with Gasteiger partial charge in [-0.25, -0.2) is 23.2 Å². The van der Waals surface area contributed by atoms with Crippen LogP contribution < -0.4 is 4.72 Å². The van der Waals surface area contributed by atoms with Crippen LogP contribution in [0.2, 0.25) is 0 Å². The number of hydrogen-bond donors (Lipinski definition) is 1. The van der Waals surface area contributed by atoms with Crippen molar-refractivity contribution < 1.29 is 17.9 Å². The number of aromatic nitrogens is 2. The molecule has 0 saturated carbocycles. The zero-order valence-corrected chi connectivity index (χ0v) is 12.4. The van der Waals surface area contributed by atoms with Gasteiger partial charge >= 0.3 is 5.97 Å². The summed E-state index contributed by atoms with van der Waals surface area (Å²) in [6, 6.07) is 0. The molecule has 2 rings (SSSR count). The molecule has 0 aliphatic rings. The molecule has 0 unspecified atom stereocenters. The van der Waals surface area contributed by atoms with Crippen LogP contribution in [0.1, 0.15) is 15.4 Å². The summed E-state index contributed by atoms with van der Waals surface area (Å²) in [6.45, 7) is 1.81. The van der Waals surface area contributed by atoms with Crippen molar-refractivity contribution in [3.63, 3.8) is 0 Å². The number of methoxy groups -OCH3 is 1. The number of aryl methyl sites for hydroxylation is 1. The molecule has 0 aliphatic heterocycles. The molecule has 0 spiro atoms. The third-order valence-electron chi connectivity index (χ3n) is 2.00. The Balaban J connectivity index is 2.35. The smallest absolute Gasteiger partial charge is 0.358 e. The predicted molar refractivity (Wildman–Crippen MR) is 71.1 cm³/mol. The largest absolute Gasteiger partial charge is 0.464 e. The van der Waals surface area contributed by atoms with E-state index in [0.29, 0.717) is 0 Å². The van der Waals surface area contributed by atoms with Crippen LogP contribution in [0.25, 0.3) is 0 Å². The summed E-state index contributed by atoms with van der Waals surface area (Å²) in [4.78, 5) is 19.9. The number of anilines is 1.